The lowest BCUT2D eigenvalue weighted by Gasteiger charge is -2.27. The Morgan fingerprint density at radius 2 is 2.20 bits per heavy atom. The van der Waals surface area contributed by atoms with E-state index in [1.165, 1.54) is 4.90 Å². The van der Waals surface area contributed by atoms with E-state index in [1.54, 1.807) is 24.4 Å². The van der Waals surface area contributed by atoms with E-state index >= 15 is 0 Å². The minimum Gasteiger partial charge on any atom is -0.480 e. The quantitative estimate of drug-likeness (QED) is 0.872. The Hall–Kier alpha value is -2.37. The number of amides is 1. The molecule has 0 saturated heterocycles. The van der Waals surface area contributed by atoms with Crippen LogP contribution in [0.2, 0.25) is 0 Å². The molecule has 0 spiro atoms. The van der Waals surface area contributed by atoms with Crippen molar-refractivity contribution < 1.29 is 14.7 Å². The SMILES string of the molecule is CCC(C)N(CC(=O)O)C(=O)c1ccc2[nH]ncc2c1. The van der Waals surface area contributed by atoms with E-state index in [2.05, 4.69) is 10.2 Å². The number of carboxylic acid groups (broad SMARTS) is 1. The highest BCUT2D eigenvalue weighted by molar-refractivity contribution is 5.99. The number of aromatic amines is 1. The van der Waals surface area contributed by atoms with Crippen molar-refractivity contribution >= 4 is 22.8 Å². The number of carboxylic acids is 1. The van der Waals surface area contributed by atoms with Crippen LogP contribution in [0.4, 0.5) is 0 Å². The van der Waals surface area contributed by atoms with E-state index in [0.29, 0.717) is 12.0 Å². The first-order chi connectivity index (χ1) is 9.52. The number of nitrogens with zero attached hydrogens (tertiary/aromatic N) is 2. The maximum absolute atomic E-state index is 12.5. The first-order valence-electron chi connectivity index (χ1n) is 6.48. The Kier molecular flexibility index (Phi) is 4.02. The van der Waals surface area contributed by atoms with Crippen LogP contribution in [0, 0.1) is 0 Å². The number of nitrogens with one attached hydrogen (secondary N) is 1. The van der Waals surface area contributed by atoms with Crippen molar-refractivity contribution in [3.05, 3.63) is 30.0 Å². The van der Waals surface area contributed by atoms with Gasteiger partial charge in [-0.15, -0.1) is 0 Å². The molecule has 20 heavy (non-hydrogen) atoms. The maximum Gasteiger partial charge on any atom is 0.323 e. The molecule has 0 radical (unpaired) electrons. The number of H-pyrrole nitrogens is 1. The Bertz CT molecular complexity index is 635. The topological polar surface area (TPSA) is 86.3 Å². The van der Waals surface area contributed by atoms with Gasteiger partial charge in [-0.05, 0) is 31.5 Å². The molecule has 0 aliphatic rings. The van der Waals surface area contributed by atoms with E-state index in [1.807, 2.05) is 13.8 Å². The van der Waals surface area contributed by atoms with Crippen molar-refractivity contribution in [2.75, 3.05) is 6.54 Å². The minimum atomic E-state index is -1.01. The molecule has 1 aromatic carbocycles. The van der Waals surface area contributed by atoms with Gasteiger partial charge < -0.3 is 10.0 Å². The molecule has 6 nitrogen and oxygen atoms in total. The molecule has 1 atom stereocenters. The molecule has 0 aliphatic heterocycles. The highest BCUT2D eigenvalue weighted by Crippen LogP contribution is 2.16. The molecule has 1 unspecified atom stereocenters. The summed E-state index contributed by atoms with van der Waals surface area (Å²) in [7, 11) is 0. The molecule has 6 heteroatoms. The standard InChI is InChI=1S/C14H17N3O3/c1-3-9(2)17(8-13(18)19)14(20)10-4-5-12-11(6-10)7-15-16-12/h4-7,9H,3,8H2,1-2H3,(H,15,16)(H,18,19). The zero-order valence-electron chi connectivity index (χ0n) is 11.5. The van der Waals surface area contributed by atoms with Crippen LogP contribution >= 0.6 is 0 Å². The largest absolute Gasteiger partial charge is 0.480 e. The van der Waals surface area contributed by atoms with Crippen molar-refractivity contribution in [3.63, 3.8) is 0 Å². The number of hydrogen-bond acceptors (Lipinski definition) is 3. The van der Waals surface area contributed by atoms with Gasteiger partial charge in [0.15, 0.2) is 0 Å². The summed E-state index contributed by atoms with van der Waals surface area (Å²) < 4.78 is 0. The van der Waals surface area contributed by atoms with E-state index in [-0.39, 0.29) is 18.5 Å². The van der Waals surface area contributed by atoms with Gasteiger partial charge in [-0.2, -0.15) is 5.10 Å². The molecule has 1 aromatic heterocycles. The lowest BCUT2D eigenvalue weighted by molar-refractivity contribution is -0.138. The summed E-state index contributed by atoms with van der Waals surface area (Å²) in [5.41, 5.74) is 1.32. The Balaban J connectivity index is 2.31. The van der Waals surface area contributed by atoms with Crippen LogP contribution in [0.25, 0.3) is 10.9 Å². The average molecular weight is 275 g/mol. The second kappa shape index (κ2) is 5.73. The van der Waals surface area contributed by atoms with Gasteiger partial charge >= 0.3 is 5.97 Å². The van der Waals surface area contributed by atoms with Crippen LogP contribution in [0.1, 0.15) is 30.6 Å². The summed E-state index contributed by atoms with van der Waals surface area (Å²) >= 11 is 0. The van der Waals surface area contributed by atoms with Crippen LogP contribution in [0.15, 0.2) is 24.4 Å². The minimum absolute atomic E-state index is 0.126. The molecule has 2 aromatic rings. The van der Waals surface area contributed by atoms with E-state index in [4.69, 9.17) is 5.11 Å². The van der Waals surface area contributed by atoms with E-state index < -0.39 is 5.97 Å². The van der Waals surface area contributed by atoms with Crippen LogP contribution in [-0.4, -0.2) is 44.7 Å². The number of aromatic nitrogens is 2. The van der Waals surface area contributed by atoms with Crippen molar-refractivity contribution in [2.45, 2.75) is 26.3 Å². The second-order valence-electron chi connectivity index (χ2n) is 4.76. The van der Waals surface area contributed by atoms with Gasteiger partial charge in [0, 0.05) is 17.0 Å². The molecule has 1 amide bonds. The lowest BCUT2D eigenvalue weighted by Crippen LogP contribution is -2.41. The summed E-state index contributed by atoms with van der Waals surface area (Å²) in [6.45, 7) is 3.47. The molecule has 2 N–H and O–H groups in total. The zero-order valence-corrected chi connectivity index (χ0v) is 11.5. The summed E-state index contributed by atoms with van der Waals surface area (Å²) in [6.07, 6.45) is 2.34. The third-order valence-corrected chi connectivity index (χ3v) is 3.38. The van der Waals surface area contributed by atoms with Crippen LogP contribution in [0.3, 0.4) is 0 Å². The molecule has 0 aliphatic carbocycles. The molecule has 0 bridgehead atoms. The monoisotopic (exact) mass is 275 g/mol. The summed E-state index contributed by atoms with van der Waals surface area (Å²) in [5.74, 6) is -1.28. The molecule has 0 fully saturated rings. The van der Waals surface area contributed by atoms with E-state index in [0.717, 1.165) is 10.9 Å². The number of rotatable bonds is 5. The van der Waals surface area contributed by atoms with Crippen molar-refractivity contribution in [2.24, 2.45) is 0 Å². The van der Waals surface area contributed by atoms with E-state index in [9.17, 15) is 9.59 Å². The highest BCUT2D eigenvalue weighted by atomic mass is 16.4. The van der Waals surface area contributed by atoms with Gasteiger partial charge in [-0.3, -0.25) is 14.7 Å². The normalized spacial score (nSPS) is 12.3. The van der Waals surface area contributed by atoms with Gasteiger partial charge in [0.1, 0.15) is 6.54 Å². The zero-order chi connectivity index (χ0) is 14.7. The lowest BCUT2D eigenvalue weighted by atomic mass is 10.1. The van der Waals surface area contributed by atoms with Gasteiger partial charge in [-0.1, -0.05) is 6.92 Å². The van der Waals surface area contributed by atoms with Crippen molar-refractivity contribution in [1.82, 2.24) is 15.1 Å². The summed E-state index contributed by atoms with van der Waals surface area (Å²) in [6, 6.07) is 5.04. The number of hydrogen-bond donors (Lipinski definition) is 2. The highest BCUT2D eigenvalue weighted by Gasteiger charge is 2.23. The van der Waals surface area contributed by atoms with Crippen molar-refractivity contribution in [1.29, 1.82) is 0 Å². The number of benzene rings is 1. The molecular weight excluding hydrogens is 258 g/mol. The predicted octanol–water partition coefficient (Wildman–Crippen LogP) is 1.89. The smallest absolute Gasteiger partial charge is 0.323 e. The third kappa shape index (κ3) is 2.79. The molecule has 106 valence electrons. The molecule has 0 saturated carbocycles. The Morgan fingerprint density at radius 1 is 1.45 bits per heavy atom. The fourth-order valence-corrected chi connectivity index (χ4v) is 2.04. The number of carbonyl (C=O) groups is 2. The van der Waals surface area contributed by atoms with Crippen molar-refractivity contribution in [3.8, 4) is 0 Å². The van der Waals surface area contributed by atoms with Crippen LogP contribution < -0.4 is 0 Å². The number of aliphatic carboxylic acids is 1. The fourth-order valence-electron chi connectivity index (χ4n) is 2.04. The number of fused-ring (bicyclic) bond motifs is 1. The molecule has 1 heterocycles. The molecule has 2 rings (SSSR count). The third-order valence-electron chi connectivity index (χ3n) is 3.38. The Morgan fingerprint density at radius 3 is 2.85 bits per heavy atom. The van der Waals surface area contributed by atoms with Gasteiger partial charge in [0.25, 0.3) is 5.91 Å². The Labute approximate surface area is 116 Å². The summed E-state index contributed by atoms with van der Waals surface area (Å²) in [5, 5.41) is 16.5. The van der Waals surface area contributed by atoms with Gasteiger partial charge in [-0.25, -0.2) is 0 Å². The predicted molar refractivity (Wildman–Crippen MR) is 74.5 cm³/mol. The van der Waals surface area contributed by atoms with Gasteiger partial charge in [0.2, 0.25) is 0 Å². The second-order valence-corrected chi connectivity index (χ2v) is 4.76. The van der Waals surface area contributed by atoms with Crippen LogP contribution in [-0.2, 0) is 4.79 Å². The maximum atomic E-state index is 12.5. The van der Waals surface area contributed by atoms with Gasteiger partial charge in [0.05, 0.1) is 11.7 Å². The first-order valence-corrected chi connectivity index (χ1v) is 6.48. The first kappa shape index (κ1) is 14.0. The summed E-state index contributed by atoms with van der Waals surface area (Å²) in [4.78, 5) is 24.8. The number of carbonyl (C=O) groups excluding carboxylic acids is 1. The van der Waals surface area contributed by atoms with Crippen LogP contribution in [0.5, 0.6) is 0 Å². The molecular formula is C14H17N3O3. The average Bonchev–Trinajstić information content (AvgIpc) is 2.90. The fraction of sp³-hybridized carbons (Fsp3) is 0.357.